The largest absolute Gasteiger partial charge is 0.325 e. The molecule has 4 aromatic rings. The molecule has 0 unspecified atom stereocenters. The molecule has 1 amide bonds. The van der Waals surface area contributed by atoms with Crippen LogP contribution in [0.25, 0.3) is 21.3 Å². The van der Waals surface area contributed by atoms with Gasteiger partial charge in [-0.15, -0.1) is 11.3 Å². The summed E-state index contributed by atoms with van der Waals surface area (Å²) >= 11 is 8.66. The summed E-state index contributed by atoms with van der Waals surface area (Å²) in [6.07, 6.45) is 0. The van der Waals surface area contributed by atoms with Crippen molar-refractivity contribution in [1.29, 1.82) is 0 Å². The molecule has 0 atom stereocenters. The number of thiophene rings is 1. The number of rotatable bonds is 5. The smallest absolute Gasteiger partial charge is 0.271 e. The molecule has 158 valence electrons. The standard InChI is InChI=1S/C23H20ClN3O2S2/c1-13-4-7-15(8-5-13)17-11-30-21-20(17)26-23(27(3)22(21)29)31-12-19(28)25-18-10-16(24)9-6-14(18)2/h4-11H,12H2,1-3H3,(H,25,28). The number of carbonyl (C=O) groups is 1. The van der Waals surface area contributed by atoms with Crippen LogP contribution in [0.5, 0.6) is 0 Å². The molecule has 4 rings (SSSR count). The number of nitrogens with one attached hydrogen (secondary N) is 1. The predicted octanol–water partition coefficient (Wildman–Crippen LogP) is 5.66. The van der Waals surface area contributed by atoms with E-state index < -0.39 is 0 Å². The highest BCUT2D eigenvalue weighted by Crippen LogP contribution is 2.32. The molecule has 0 spiro atoms. The van der Waals surface area contributed by atoms with Gasteiger partial charge in [0.1, 0.15) is 4.70 Å². The molecule has 0 aliphatic heterocycles. The minimum absolute atomic E-state index is 0.109. The van der Waals surface area contributed by atoms with Gasteiger partial charge in [0, 0.05) is 28.7 Å². The number of hydrogen-bond acceptors (Lipinski definition) is 5. The van der Waals surface area contributed by atoms with Gasteiger partial charge in [-0.2, -0.15) is 0 Å². The van der Waals surface area contributed by atoms with Gasteiger partial charge in [-0.1, -0.05) is 59.3 Å². The minimum Gasteiger partial charge on any atom is -0.325 e. The molecule has 2 heterocycles. The van der Waals surface area contributed by atoms with Crippen LogP contribution in [0.4, 0.5) is 5.69 Å². The van der Waals surface area contributed by atoms with Gasteiger partial charge in [0.25, 0.3) is 5.56 Å². The molecule has 5 nitrogen and oxygen atoms in total. The second-order valence-corrected chi connectivity index (χ2v) is 9.51. The summed E-state index contributed by atoms with van der Waals surface area (Å²) in [5.41, 5.74) is 5.28. The fourth-order valence-electron chi connectivity index (χ4n) is 3.14. The molecule has 31 heavy (non-hydrogen) atoms. The summed E-state index contributed by atoms with van der Waals surface area (Å²) in [6, 6.07) is 13.5. The Kier molecular flexibility index (Phi) is 6.18. The van der Waals surface area contributed by atoms with Crippen molar-refractivity contribution >= 4 is 56.5 Å². The van der Waals surface area contributed by atoms with E-state index in [9.17, 15) is 9.59 Å². The molecule has 8 heteroatoms. The van der Waals surface area contributed by atoms with Crippen LogP contribution in [-0.4, -0.2) is 21.2 Å². The highest BCUT2D eigenvalue weighted by atomic mass is 35.5. The summed E-state index contributed by atoms with van der Waals surface area (Å²) in [6.45, 7) is 3.94. The lowest BCUT2D eigenvalue weighted by atomic mass is 10.1. The van der Waals surface area contributed by atoms with Crippen molar-refractivity contribution in [3.05, 3.63) is 74.3 Å². The normalized spacial score (nSPS) is 11.1. The van der Waals surface area contributed by atoms with E-state index >= 15 is 0 Å². The van der Waals surface area contributed by atoms with Gasteiger partial charge in [-0.3, -0.25) is 14.2 Å². The number of nitrogens with zero attached hydrogens (tertiary/aromatic N) is 2. The maximum Gasteiger partial charge on any atom is 0.271 e. The SMILES string of the molecule is Cc1ccc(-c2csc3c(=O)n(C)c(SCC(=O)Nc4cc(Cl)ccc4C)nc23)cc1. The van der Waals surface area contributed by atoms with E-state index in [4.69, 9.17) is 16.6 Å². The molecule has 1 N–H and O–H groups in total. The highest BCUT2D eigenvalue weighted by molar-refractivity contribution is 7.99. The zero-order valence-electron chi connectivity index (χ0n) is 17.2. The summed E-state index contributed by atoms with van der Waals surface area (Å²) in [5.74, 6) is -0.0596. The van der Waals surface area contributed by atoms with E-state index in [1.54, 1.807) is 19.2 Å². The van der Waals surface area contributed by atoms with Gasteiger partial charge in [0.15, 0.2) is 5.16 Å². The van der Waals surface area contributed by atoms with Crippen LogP contribution in [0.2, 0.25) is 5.02 Å². The number of hydrogen-bond donors (Lipinski definition) is 1. The molecular weight excluding hydrogens is 450 g/mol. The van der Waals surface area contributed by atoms with Crippen LogP contribution in [0.3, 0.4) is 0 Å². The first kappa shape index (κ1) is 21.6. The van der Waals surface area contributed by atoms with Gasteiger partial charge in [-0.05, 0) is 37.1 Å². The Balaban J connectivity index is 1.60. The van der Waals surface area contributed by atoms with Gasteiger partial charge in [-0.25, -0.2) is 4.98 Å². The summed E-state index contributed by atoms with van der Waals surface area (Å²) in [5, 5.41) is 5.90. The Morgan fingerprint density at radius 3 is 2.68 bits per heavy atom. The van der Waals surface area contributed by atoms with Crippen molar-refractivity contribution in [3.8, 4) is 11.1 Å². The van der Waals surface area contributed by atoms with Gasteiger partial charge in [0.05, 0.1) is 11.3 Å². The van der Waals surface area contributed by atoms with Crippen LogP contribution in [-0.2, 0) is 11.8 Å². The van der Waals surface area contributed by atoms with Gasteiger partial charge < -0.3 is 5.32 Å². The molecule has 0 saturated carbocycles. The van der Waals surface area contributed by atoms with E-state index in [2.05, 4.69) is 5.32 Å². The molecule has 0 aliphatic rings. The fraction of sp³-hybridized carbons (Fsp3) is 0.174. The summed E-state index contributed by atoms with van der Waals surface area (Å²) in [7, 11) is 1.68. The summed E-state index contributed by atoms with van der Waals surface area (Å²) < 4.78 is 2.11. The van der Waals surface area contributed by atoms with Crippen LogP contribution in [0.1, 0.15) is 11.1 Å². The molecule has 2 aromatic carbocycles. The first-order chi connectivity index (χ1) is 14.8. The van der Waals surface area contributed by atoms with Crippen molar-refractivity contribution in [3.63, 3.8) is 0 Å². The van der Waals surface area contributed by atoms with Crippen molar-refractivity contribution in [2.75, 3.05) is 11.1 Å². The predicted molar refractivity (Wildman–Crippen MR) is 131 cm³/mol. The molecule has 0 radical (unpaired) electrons. The number of carbonyl (C=O) groups excluding carboxylic acids is 1. The van der Waals surface area contributed by atoms with Crippen LogP contribution in [0.15, 0.2) is 57.8 Å². The Morgan fingerprint density at radius 1 is 1.19 bits per heavy atom. The maximum atomic E-state index is 12.9. The van der Waals surface area contributed by atoms with E-state index in [1.807, 2.05) is 49.6 Å². The Hall–Kier alpha value is -2.61. The minimum atomic E-state index is -0.186. The highest BCUT2D eigenvalue weighted by Gasteiger charge is 2.16. The van der Waals surface area contributed by atoms with E-state index in [1.165, 1.54) is 33.2 Å². The lowest BCUT2D eigenvalue weighted by molar-refractivity contribution is -0.113. The summed E-state index contributed by atoms with van der Waals surface area (Å²) in [4.78, 5) is 30.1. The number of anilines is 1. The monoisotopic (exact) mass is 469 g/mol. The molecule has 0 aliphatic carbocycles. The average Bonchev–Trinajstić information content (AvgIpc) is 3.17. The third-order valence-corrected chi connectivity index (χ3v) is 7.15. The van der Waals surface area contributed by atoms with Crippen molar-refractivity contribution in [2.24, 2.45) is 7.05 Å². The molecular formula is C23H20ClN3O2S2. The first-order valence-corrected chi connectivity index (χ1v) is 11.8. The second-order valence-electron chi connectivity index (χ2n) is 7.25. The second kappa shape index (κ2) is 8.86. The number of thioether (sulfide) groups is 1. The zero-order valence-corrected chi connectivity index (χ0v) is 19.6. The number of amides is 1. The molecule has 2 aromatic heterocycles. The number of halogens is 1. The Bertz CT molecular complexity index is 1340. The third kappa shape index (κ3) is 4.54. The van der Waals surface area contributed by atoms with Crippen LogP contribution < -0.4 is 10.9 Å². The van der Waals surface area contributed by atoms with Gasteiger partial charge in [0.2, 0.25) is 5.91 Å². The van der Waals surface area contributed by atoms with Crippen molar-refractivity contribution < 1.29 is 4.79 Å². The quantitative estimate of drug-likeness (QED) is 0.302. The zero-order chi connectivity index (χ0) is 22.1. The Labute approximate surface area is 193 Å². The third-order valence-electron chi connectivity index (χ3n) is 4.93. The van der Waals surface area contributed by atoms with Crippen molar-refractivity contribution in [1.82, 2.24) is 9.55 Å². The fourth-order valence-corrected chi connectivity index (χ4v) is 5.06. The number of fused-ring (bicyclic) bond motifs is 1. The maximum absolute atomic E-state index is 12.9. The van der Waals surface area contributed by atoms with E-state index in [-0.39, 0.29) is 17.2 Å². The topological polar surface area (TPSA) is 64.0 Å². The number of aromatic nitrogens is 2. The van der Waals surface area contributed by atoms with E-state index in [0.717, 1.165) is 16.7 Å². The lowest BCUT2D eigenvalue weighted by Crippen LogP contribution is -2.21. The molecule has 0 saturated heterocycles. The van der Waals surface area contributed by atoms with Crippen LogP contribution in [0, 0.1) is 13.8 Å². The number of aryl methyl sites for hydroxylation is 2. The van der Waals surface area contributed by atoms with E-state index in [0.29, 0.717) is 26.1 Å². The average molecular weight is 470 g/mol. The van der Waals surface area contributed by atoms with Crippen molar-refractivity contribution in [2.45, 2.75) is 19.0 Å². The lowest BCUT2D eigenvalue weighted by Gasteiger charge is -2.10. The molecule has 0 fully saturated rings. The molecule has 0 bridgehead atoms. The Morgan fingerprint density at radius 2 is 1.94 bits per heavy atom. The van der Waals surface area contributed by atoms with Crippen LogP contribution >= 0.6 is 34.7 Å². The first-order valence-electron chi connectivity index (χ1n) is 9.57. The number of benzene rings is 2. The van der Waals surface area contributed by atoms with Gasteiger partial charge >= 0.3 is 0 Å².